The fraction of sp³-hybridized carbons (Fsp3) is 0.412. The molecule has 0 bridgehead atoms. The van der Waals surface area contributed by atoms with Crippen LogP contribution in [0.25, 0.3) is 0 Å². The molecular formula is C34H42FN3O4S. The van der Waals surface area contributed by atoms with Gasteiger partial charge in [-0.1, -0.05) is 86.0 Å². The van der Waals surface area contributed by atoms with E-state index in [9.17, 15) is 22.4 Å². The van der Waals surface area contributed by atoms with Crippen LogP contribution in [0.2, 0.25) is 0 Å². The van der Waals surface area contributed by atoms with Crippen molar-refractivity contribution in [2.45, 2.75) is 76.9 Å². The van der Waals surface area contributed by atoms with Crippen molar-refractivity contribution in [3.63, 3.8) is 0 Å². The van der Waals surface area contributed by atoms with E-state index in [4.69, 9.17) is 0 Å². The Morgan fingerprint density at radius 1 is 0.930 bits per heavy atom. The first-order chi connectivity index (χ1) is 20.6. The third kappa shape index (κ3) is 9.13. The smallest absolute Gasteiger partial charge is 0.243 e. The summed E-state index contributed by atoms with van der Waals surface area (Å²) >= 11 is 0. The summed E-state index contributed by atoms with van der Waals surface area (Å²) in [5, 5.41) is 3.23. The standard InChI is InChI=1S/C34H42FN3O4S/c1-26-14-9-10-17-28(26)25-37(33(39)22-13-23-38(43(2,41)42)31-21-12-11-20-30(31)35)32(24-27-15-5-3-6-16-27)34(40)36-29-18-7-4-8-19-29/h3,5-6,9-12,14-17,20-21,29,32H,4,7-8,13,18-19,22-25H2,1-2H3,(H,36,40)/t32-/m0/s1. The molecule has 230 valence electrons. The molecular weight excluding hydrogens is 565 g/mol. The highest BCUT2D eigenvalue weighted by molar-refractivity contribution is 7.92. The van der Waals surface area contributed by atoms with Gasteiger partial charge in [0.15, 0.2) is 0 Å². The van der Waals surface area contributed by atoms with Gasteiger partial charge in [-0.15, -0.1) is 0 Å². The highest BCUT2D eigenvalue weighted by Gasteiger charge is 2.32. The van der Waals surface area contributed by atoms with Crippen LogP contribution < -0.4 is 9.62 Å². The fourth-order valence-corrected chi connectivity index (χ4v) is 6.67. The molecule has 0 spiro atoms. The van der Waals surface area contributed by atoms with Crippen LogP contribution in [0.1, 0.15) is 61.6 Å². The number of hydrogen-bond acceptors (Lipinski definition) is 4. The maximum Gasteiger partial charge on any atom is 0.243 e. The van der Waals surface area contributed by atoms with Gasteiger partial charge in [-0.05, 0) is 55.0 Å². The molecule has 1 aliphatic carbocycles. The summed E-state index contributed by atoms with van der Waals surface area (Å²) in [6, 6.07) is 22.5. The Morgan fingerprint density at radius 3 is 2.26 bits per heavy atom. The highest BCUT2D eigenvalue weighted by Crippen LogP contribution is 2.24. The van der Waals surface area contributed by atoms with Crippen LogP contribution in [0.15, 0.2) is 78.9 Å². The third-order valence-corrected chi connectivity index (χ3v) is 9.28. The maximum absolute atomic E-state index is 14.5. The molecule has 2 amide bonds. The molecule has 43 heavy (non-hydrogen) atoms. The molecule has 0 unspecified atom stereocenters. The summed E-state index contributed by atoms with van der Waals surface area (Å²) in [5.74, 6) is -1.09. The van der Waals surface area contributed by atoms with Crippen molar-refractivity contribution in [2.24, 2.45) is 0 Å². The average Bonchev–Trinajstić information content (AvgIpc) is 2.99. The van der Waals surface area contributed by atoms with E-state index in [1.54, 1.807) is 11.0 Å². The SMILES string of the molecule is Cc1ccccc1CN(C(=O)CCCN(c1ccccc1F)S(C)(=O)=O)[C@@H](Cc1ccccc1)C(=O)NC1CCCCC1. The summed E-state index contributed by atoms with van der Waals surface area (Å²) in [6.45, 7) is 2.15. The van der Waals surface area contributed by atoms with Crippen LogP contribution in [0.5, 0.6) is 0 Å². The molecule has 0 radical (unpaired) electrons. The number of amides is 2. The second-order valence-electron chi connectivity index (χ2n) is 11.4. The van der Waals surface area contributed by atoms with Crippen molar-refractivity contribution in [2.75, 3.05) is 17.1 Å². The minimum absolute atomic E-state index is 0.00560. The van der Waals surface area contributed by atoms with Crippen molar-refractivity contribution >= 4 is 27.5 Å². The van der Waals surface area contributed by atoms with Crippen LogP contribution in [-0.4, -0.2) is 50.0 Å². The molecule has 3 aromatic rings. The van der Waals surface area contributed by atoms with Gasteiger partial charge in [-0.2, -0.15) is 0 Å². The largest absolute Gasteiger partial charge is 0.352 e. The number of sulfonamides is 1. The van der Waals surface area contributed by atoms with E-state index >= 15 is 0 Å². The van der Waals surface area contributed by atoms with Crippen molar-refractivity contribution in [3.05, 3.63) is 101 Å². The maximum atomic E-state index is 14.5. The van der Waals surface area contributed by atoms with Crippen molar-refractivity contribution in [1.82, 2.24) is 10.2 Å². The monoisotopic (exact) mass is 607 g/mol. The first kappa shape index (κ1) is 32.2. The molecule has 7 nitrogen and oxygen atoms in total. The minimum atomic E-state index is -3.80. The van der Waals surface area contributed by atoms with Gasteiger partial charge in [0.1, 0.15) is 11.9 Å². The Balaban J connectivity index is 1.60. The van der Waals surface area contributed by atoms with Gasteiger partial charge < -0.3 is 10.2 Å². The van der Waals surface area contributed by atoms with E-state index in [1.807, 2.05) is 61.5 Å². The molecule has 0 saturated heterocycles. The normalized spacial score (nSPS) is 14.6. The van der Waals surface area contributed by atoms with Gasteiger partial charge in [0, 0.05) is 32.0 Å². The van der Waals surface area contributed by atoms with Gasteiger partial charge in [-0.3, -0.25) is 13.9 Å². The number of anilines is 1. The van der Waals surface area contributed by atoms with Gasteiger partial charge in [0.25, 0.3) is 0 Å². The molecule has 3 aromatic carbocycles. The van der Waals surface area contributed by atoms with Gasteiger partial charge in [0.05, 0.1) is 11.9 Å². The number of para-hydroxylation sites is 1. The number of nitrogens with zero attached hydrogens (tertiary/aromatic N) is 2. The predicted octanol–water partition coefficient (Wildman–Crippen LogP) is 5.77. The van der Waals surface area contributed by atoms with Crippen molar-refractivity contribution in [3.8, 4) is 0 Å². The molecule has 9 heteroatoms. The predicted molar refractivity (Wildman–Crippen MR) is 169 cm³/mol. The number of nitrogens with one attached hydrogen (secondary N) is 1. The van der Waals surface area contributed by atoms with Crippen molar-refractivity contribution < 1.29 is 22.4 Å². The number of halogens is 1. The molecule has 1 fully saturated rings. The Kier molecular flexibility index (Phi) is 11.3. The lowest BCUT2D eigenvalue weighted by atomic mass is 9.94. The van der Waals surface area contributed by atoms with Crippen LogP contribution in [-0.2, 0) is 32.6 Å². The van der Waals surface area contributed by atoms with E-state index in [2.05, 4.69) is 5.32 Å². The Hall–Kier alpha value is -3.72. The van der Waals surface area contributed by atoms with E-state index in [0.717, 1.165) is 59.4 Å². The summed E-state index contributed by atoms with van der Waals surface area (Å²) in [4.78, 5) is 29.6. The van der Waals surface area contributed by atoms with Crippen LogP contribution in [0.3, 0.4) is 0 Å². The second kappa shape index (κ2) is 15.1. The first-order valence-corrected chi connectivity index (χ1v) is 16.9. The summed E-state index contributed by atoms with van der Waals surface area (Å²) in [6.07, 6.45) is 6.67. The van der Waals surface area contributed by atoms with E-state index in [1.165, 1.54) is 18.2 Å². The Labute approximate surface area is 255 Å². The lowest BCUT2D eigenvalue weighted by molar-refractivity contribution is -0.141. The molecule has 4 rings (SSSR count). The van der Waals surface area contributed by atoms with Crippen LogP contribution >= 0.6 is 0 Å². The second-order valence-corrected chi connectivity index (χ2v) is 13.3. The average molecular weight is 608 g/mol. The summed E-state index contributed by atoms with van der Waals surface area (Å²) in [7, 11) is -3.80. The van der Waals surface area contributed by atoms with Crippen molar-refractivity contribution in [1.29, 1.82) is 0 Å². The topological polar surface area (TPSA) is 86.8 Å². The summed E-state index contributed by atoms with van der Waals surface area (Å²) < 4.78 is 40.7. The number of carbonyl (C=O) groups excluding carboxylic acids is 2. The zero-order chi connectivity index (χ0) is 30.8. The Bertz CT molecular complexity index is 1480. The van der Waals surface area contributed by atoms with Gasteiger partial charge in [0.2, 0.25) is 21.8 Å². The number of rotatable bonds is 13. The number of benzene rings is 3. The Morgan fingerprint density at radius 2 is 1.58 bits per heavy atom. The lowest BCUT2D eigenvalue weighted by Gasteiger charge is -2.34. The van der Waals surface area contributed by atoms with Gasteiger partial charge >= 0.3 is 0 Å². The molecule has 0 heterocycles. The fourth-order valence-electron chi connectivity index (χ4n) is 5.71. The quantitative estimate of drug-likeness (QED) is 0.267. The highest BCUT2D eigenvalue weighted by atomic mass is 32.2. The molecule has 1 N–H and O–H groups in total. The third-order valence-electron chi connectivity index (χ3n) is 8.10. The lowest BCUT2D eigenvalue weighted by Crippen LogP contribution is -2.53. The first-order valence-electron chi connectivity index (χ1n) is 15.0. The number of hydrogen-bond donors (Lipinski definition) is 1. The number of carbonyl (C=O) groups is 2. The van der Waals surface area contributed by atoms with E-state index in [-0.39, 0.29) is 49.5 Å². The summed E-state index contributed by atoms with van der Waals surface area (Å²) in [5.41, 5.74) is 2.83. The zero-order valence-electron chi connectivity index (χ0n) is 25.0. The van der Waals surface area contributed by atoms with Crippen LogP contribution in [0.4, 0.5) is 10.1 Å². The molecule has 1 saturated carbocycles. The van der Waals surface area contributed by atoms with Crippen LogP contribution in [0, 0.1) is 12.7 Å². The zero-order valence-corrected chi connectivity index (χ0v) is 25.9. The number of aryl methyl sites for hydroxylation is 1. The molecule has 0 aliphatic heterocycles. The van der Waals surface area contributed by atoms with E-state index in [0.29, 0.717) is 6.42 Å². The van der Waals surface area contributed by atoms with E-state index < -0.39 is 21.9 Å². The molecule has 1 atom stereocenters. The molecule has 1 aliphatic rings. The molecule has 0 aromatic heterocycles. The van der Waals surface area contributed by atoms with Gasteiger partial charge in [-0.25, -0.2) is 12.8 Å². The minimum Gasteiger partial charge on any atom is -0.352 e.